The van der Waals surface area contributed by atoms with E-state index in [-0.39, 0.29) is 11.9 Å². The number of H-pyrrole nitrogens is 1. The number of amides is 1. The highest BCUT2D eigenvalue weighted by atomic mass is 79.9. The third-order valence-corrected chi connectivity index (χ3v) is 4.39. The van der Waals surface area contributed by atoms with Crippen LogP contribution in [0.1, 0.15) is 35.8 Å². The molecule has 2 heterocycles. The second-order valence-electron chi connectivity index (χ2n) is 5.52. The van der Waals surface area contributed by atoms with Crippen molar-refractivity contribution >= 4 is 21.8 Å². The van der Waals surface area contributed by atoms with Crippen molar-refractivity contribution < 1.29 is 4.79 Å². The Morgan fingerprint density at radius 3 is 3.05 bits per heavy atom. The molecule has 0 saturated carbocycles. The minimum atomic E-state index is 0.156. The summed E-state index contributed by atoms with van der Waals surface area (Å²) in [6, 6.07) is 10.4. The van der Waals surface area contributed by atoms with Gasteiger partial charge in [0.1, 0.15) is 0 Å². The van der Waals surface area contributed by atoms with Gasteiger partial charge >= 0.3 is 0 Å². The average molecular weight is 348 g/mol. The zero-order valence-electron chi connectivity index (χ0n) is 12.0. The largest absolute Gasteiger partial charge is 0.335 e. The summed E-state index contributed by atoms with van der Waals surface area (Å²) in [6.45, 7) is 2.78. The molecular formula is C16H18BrN3O. The van der Waals surface area contributed by atoms with Crippen LogP contribution in [0.25, 0.3) is 0 Å². The van der Waals surface area contributed by atoms with E-state index in [9.17, 15) is 4.79 Å². The van der Waals surface area contributed by atoms with Gasteiger partial charge in [-0.05, 0) is 43.5 Å². The van der Waals surface area contributed by atoms with Gasteiger partial charge in [0.25, 0.3) is 0 Å². The molecule has 1 aliphatic rings. The highest BCUT2D eigenvalue weighted by Gasteiger charge is 2.30. The number of nitrogens with one attached hydrogen (secondary N) is 1. The fraction of sp³-hybridized carbons (Fsp3) is 0.375. The fourth-order valence-electron chi connectivity index (χ4n) is 2.95. The number of aromatic nitrogens is 2. The number of rotatable bonds is 3. The van der Waals surface area contributed by atoms with Crippen LogP contribution in [-0.2, 0) is 11.2 Å². The smallest absolute Gasteiger partial charge is 0.229 e. The van der Waals surface area contributed by atoms with Crippen molar-refractivity contribution in [3.63, 3.8) is 0 Å². The zero-order valence-corrected chi connectivity index (χ0v) is 13.6. The van der Waals surface area contributed by atoms with Gasteiger partial charge < -0.3 is 4.90 Å². The number of benzene rings is 1. The summed E-state index contributed by atoms with van der Waals surface area (Å²) in [5, 5.41) is 7.05. The molecule has 0 bridgehead atoms. The molecule has 0 unspecified atom stereocenters. The summed E-state index contributed by atoms with van der Waals surface area (Å²) in [7, 11) is 0. The van der Waals surface area contributed by atoms with Crippen LogP contribution in [0.2, 0.25) is 0 Å². The molecule has 1 aromatic carbocycles. The van der Waals surface area contributed by atoms with E-state index in [2.05, 4.69) is 38.3 Å². The van der Waals surface area contributed by atoms with Gasteiger partial charge in [0, 0.05) is 16.7 Å². The maximum absolute atomic E-state index is 12.6. The van der Waals surface area contributed by atoms with Gasteiger partial charge in [-0.1, -0.05) is 28.1 Å². The number of carbonyl (C=O) groups excluding carboxylic acids is 1. The van der Waals surface area contributed by atoms with E-state index in [1.807, 2.05) is 30.0 Å². The molecule has 4 nitrogen and oxygen atoms in total. The van der Waals surface area contributed by atoms with E-state index in [1.54, 1.807) is 0 Å². The van der Waals surface area contributed by atoms with Gasteiger partial charge in [-0.2, -0.15) is 5.10 Å². The Balaban J connectivity index is 1.75. The Labute approximate surface area is 132 Å². The first-order valence-electron chi connectivity index (χ1n) is 7.19. The van der Waals surface area contributed by atoms with Crippen LogP contribution >= 0.6 is 15.9 Å². The lowest BCUT2D eigenvalue weighted by atomic mass is 10.0. The van der Waals surface area contributed by atoms with Gasteiger partial charge in [0.15, 0.2) is 0 Å². The summed E-state index contributed by atoms with van der Waals surface area (Å²) in [5.41, 5.74) is 3.01. The number of likely N-dealkylation sites (tertiary alicyclic amines) is 1. The van der Waals surface area contributed by atoms with Crippen LogP contribution in [0, 0.1) is 6.92 Å². The number of carbonyl (C=O) groups is 1. The third-order valence-electron chi connectivity index (χ3n) is 3.90. The van der Waals surface area contributed by atoms with Crippen LogP contribution < -0.4 is 0 Å². The summed E-state index contributed by atoms with van der Waals surface area (Å²) in [6.07, 6.45) is 2.46. The van der Waals surface area contributed by atoms with Crippen molar-refractivity contribution in [2.75, 3.05) is 6.54 Å². The van der Waals surface area contributed by atoms with E-state index in [1.165, 1.54) is 5.56 Å². The maximum Gasteiger partial charge on any atom is 0.229 e. The number of aromatic amines is 1. The summed E-state index contributed by atoms with van der Waals surface area (Å²) in [5.74, 6) is 0.156. The highest BCUT2D eigenvalue weighted by molar-refractivity contribution is 9.10. The number of nitrogens with zero attached hydrogens (tertiary/aromatic N) is 2. The lowest BCUT2D eigenvalue weighted by molar-refractivity contribution is -0.131. The van der Waals surface area contributed by atoms with Crippen molar-refractivity contribution in [2.24, 2.45) is 0 Å². The molecule has 1 atom stereocenters. The normalized spacial score (nSPS) is 18.2. The molecule has 21 heavy (non-hydrogen) atoms. The Morgan fingerprint density at radius 2 is 2.33 bits per heavy atom. The summed E-state index contributed by atoms with van der Waals surface area (Å²) >= 11 is 3.51. The van der Waals surface area contributed by atoms with Crippen molar-refractivity contribution in [3.05, 3.63) is 51.8 Å². The zero-order chi connectivity index (χ0) is 14.8. The van der Waals surface area contributed by atoms with Crippen molar-refractivity contribution in [1.29, 1.82) is 0 Å². The summed E-state index contributed by atoms with van der Waals surface area (Å²) in [4.78, 5) is 14.5. The van der Waals surface area contributed by atoms with Crippen molar-refractivity contribution in [2.45, 2.75) is 32.2 Å². The third kappa shape index (κ3) is 3.18. The van der Waals surface area contributed by atoms with Crippen LogP contribution in [0.15, 0.2) is 34.8 Å². The van der Waals surface area contributed by atoms with E-state index in [4.69, 9.17) is 0 Å². The van der Waals surface area contributed by atoms with Gasteiger partial charge in [0.2, 0.25) is 5.91 Å². The standard InChI is InChI=1S/C16H18BrN3O/c1-11-8-14(19-18-11)10-16(21)20-7-3-6-15(20)12-4-2-5-13(17)9-12/h2,4-5,8-9,15H,3,6-7,10H2,1H3,(H,18,19)/t15-/m1/s1. The molecule has 1 N–H and O–H groups in total. The van der Waals surface area contributed by atoms with Crippen molar-refractivity contribution in [3.8, 4) is 0 Å². The number of hydrogen-bond acceptors (Lipinski definition) is 2. The molecule has 0 spiro atoms. The predicted molar refractivity (Wildman–Crippen MR) is 84.9 cm³/mol. The van der Waals surface area contributed by atoms with E-state index in [0.717, 1.165) is 35.2 Å². The molecule has 1 amide bonds. The number of aryl methyl sites for hydroxylation is 1. The van der Waals surface area contributed by atoms with E-state index < -0.39 is 0 Å². The van der Waals surface area contributed by atoms with E-state index in [0.29, 0.717) is 6.42 Å². The molecule has 1 aliphatic heterocycles. The van der Waals surface area contributed by atoms with Gasteiger partial charge in [-0.25, -0.2) is 0 Å². The van der Waals surface area contributed by atoms with E-state index >= 15 is 0 Å². The molecule has 2 aromatic rings. The molecule has 1 fully saturated rings. The first kappa shape index (κ1) is 14.3. The average Bonchev–Trinajstić information content (AvgIpc) is 3.07. The molecular weight excluding hydrogens is 330 g/mol. The Morgan fingerprint density at radius 1 is 1.48 bits per heavy atom. The van der Waals surface area contributed by atoms with Crippen molar-refractivity contribution in [1.82, 2.24) is 15.1 Å². The Hall–Kier alpha value is -1.62. The lowest BCUT2D eigenvalue weighted by Gasteiger charge is -2.25. The highest BCUT2D eigenvalue weighted by Crippen LogP contribution is 2.33. The number of halogens is 1. The molecule has 5 heteroatoms. The molecule has 1 aromatic heterocycles. The van der Waals surface area contributed by atoms with Crippen LogP contribution in [0.4, 0.5) is 0 Å². The SMILES string of the molecule is Cc1cc(CC(=O)N2CCC[C@@H]2c2cccc(Br)c2)n[nH]1. The second-order valence-corrected chi connectivity index (χ2v) is 6.43. The number of hydrogen-bond donors (Lipinski definition) is 1. The Kier molecular flexibility index (Phi) is 4.10. The minimum Gasteiger partial charge on any atom is -0.335 e. The van der Waals surface area contributed by atoms with Gasteiger partial charge in [-0.3, -0.25) is 9.89 Å². The molecule has 110 valence electrons. The second kappa shape index (κ2) is 6.02. The quantitative estimate of drug-likeness (QED) is 0.924. The monoisotopic (exact) mass is 347 g/mol. The molecule has 1 saturated heterocycles. The van der Waals surface area contributed by atoms with Gasteiger partial charge in [0.05, 0.1) is 18.2 Å². The first-order chi connectivity index (χ1) is 10.1. The summed E-state index contributed by atoms with van der Waals surface area (Å²) < 4.78 is 1.06. The predicted octanol–water partition coefficient (Wildman–Crippen LogP) is 3.39. The molecule has 0 radical (unpaired) electrons. The topological polar surface area (TPSA) is 49.0 Å². The lowest BCUT2D eigenvalue weighted by Crippen LogP contribution is -2.31. The molecule has 3 rings (SSSR count). The van der Waals surface area contributed by atoms with Crippen LogP contribution in [0.3, 0.4) is 0 Å². The first-order valence-corrected chi connectivity index (χ1v) is 7.98. The minimum absolute atomic E-state index is 0.156. The van der Waals surface area contributed by atoms with Crippen LogP contribution in [-0.4, -0.2) is 27.5 Å². The van der Waals surface area contributed by atoms with Gasteiger partial charge in [-0.15, -0.1) is 0 Å². The fourth-order valence-corrected chi connectivity index (χ4v) is 3.36. The van der Waals surface area contributed by atoms with Crippen LogP contribution in [0.5, 0.6) is 0 Å². The maximum atomic E-state index is 12.6. The Bertz CT molecular complexity index is 652. The molecule has 0 aliphatic carbocycles.